The number of nitrogens with one attached hydrogen (secondary N) is 1. The number of carbonyl (C=O) groups excluding carboxylic acids is 1. The molecular weight excluding hydrogens is 502 g/mol. The van der Waals surface area contributed by atoms with Crippen molar-refractivity contribution in [3.8, 4) is 0 Å². The molecule has 1 rings (SSSR count). The number of aliphatic hydroxyl groups excluding tert-OH is 5. The highest BCUT2D eigenvalue weighted by atomic mass is 16.7. The van der Waals surface area contributed by atoms with Gasteiger partial charge in [0.25, 0.3) is 0 Å². The molecule has 7 atom stereocenters. The highest BCUT2D eigenvalue weighted by molar-refractivity contribution is 5.76. The average Bonchev–Trinajstić information content (AvgIpc) is 2.93. The van der Waals surface area contributed by atoms with E-state index < -0.39 is 49.5 Å². The Labute approximate surface area is 236 Å². The zero-order valence-electron chi connectivity index (χ0n) is 24.6. The van der Waals surface area contributed by atoms with Crippen LogP contribution in [-0.2, 0) is 14.3 Å². The second-order valence-electron chi connectivity index (χ2n) is 11.3. The van der Waals surface area contributed by atoms with Crippen LogP contribution in [0.1, 0.15) is 129 Å². The van der Waals surface area contributed by atoms with E-state index in [9.17, 15) is 30.3 Å². The Bertz CT molecular complexity index is 593. The molecule has 39 heavy (non-hydrogen) atoms. The molecule has 7 unspecified atom stereocenters. The molecular formula is C30H59NO8. The summed E-state index contributed by atoms with van der Waals surface area (Å²) in [6.45, 7) is 3.56. The molecule has 1 aliphatic heterocycles. The van der Waals surface area contributed by atoms with Gasteiger partial charge in [-0.2, -0.15) is 0 Å². The zero-order chi connectivity index (χ0) is 28.9. The maximum Gasteiger partial charge on any atom is 0.220 e. The molecule has 9 nitrogen and oxygen atoms in total. The van der Waals surface area contributed by atoms with Crippen molar-refractivity contribution in [2.45, 2.75) is 172 Å². The SMILES string of the molecule is CCCCCCCCCCCCCCCCC(O)C(COC1OC(CO)C(O)C(O)C1O)NC(=O)CCCC. The number of carbonyl (C=O) groups is 1. The number of amides is 1. The topological polar surface area (TPSA) is 149 Å². The predicted molar refractivity (Wildman–Crippen MR) is 152 cm³/mol. The van der Waals surface area contributed by atoms with Gasteiger partial charge in [0.15, 0.2) is 6.29 Å². The molecule has 1 aliphatic rings. The van der Waals surface area contributed by atoms with Crippen LogP contribution < -0.4 is 5.32 Å². The summed E-state index contributed by atoms with van der Waals surface area (Å²) in [5, 5.41) is 53.2. The molecule has 0 spiro atoms. The Kier molecular flexibility index (Phi) is 21.2. The molecule has 0 saturated carbocycles. The summed E-state index contributed by atoms with van der Waals surface area (Å²) < 4.78 is 11.0. The minimum absolute atomic E-state index is 0.139. The van der Waals surface area contributed by atoms with E-state index in [0.29, 0.717) is 12.8 Å². The molecule has 0 aromatic heterocycles. The number of rotatable bonds is 24. The highest BCUT2D eigenvalue weighted by Gasteiger charge is 2.44. The van der Waals surface area contributed by atoms with Crippen molar-refractivity contribution in [1.29, 1.82) is 0 Å². The number of ether oxygens (including phenoxy) is 2. The molecule has 1 heterocycles. The zero-order valence-corrected chi connectivity index (χ0v) is 24.6. The lowest BCUT2D eigenvalue weighted by molar-refractivity contribution is -0.302. The molecule has 0 aromatic rings. The third-order valence-electron chi connectivity index (χ3n) is 7.71. The molecule has 0 aliphatic carbocycles. The lowest BCUT2D eigenvalue weighted by Gasteiger charge is -2.40. The molecule has 1 saturated heterocycles. The van der Waals surface area contributed by atoms with E-state index in [2.05, 4.69) is 12.2 Å². The van der Waals surface area contributed by atoms with Gasteiger partial charge in [0.05, 0.1) is 25.4 Å². The van der Waals surface area contributed by atoms with Crippen molar-refractivity contribution in [2.24, 2.45) is 0 Å². The van der Waals surface area contributed by atoms with E-state index in [4.69, 9.17) is 9.47 Å². The number of aliphatic hydroxyl groups is 5. The molecule has 232 valence electrons. The van der Waals surface area contributed by atoms with Gasteiger partial charge >= 0.3 is 0 Å². The standard InChI is InChI=1S/C30H59NO8/c1-3-5-7-8-9-10-11-12-13-14-15-16-17-18-19-24(33)23(31-26(34)20-6-4-2)22-38-30-29(37)28(36)27(35)25(21-32)39-30/h23-25,27-30,32-33,35-37H,3-22H2,1-2H3,(H,31,34). The maximum atomic E-state index is 12.4. The molecule has 6 N–H and O–H groups in total. The molecule has 1 fully saturated rings. The van der Waals surface area contributed by atoms with Crippen LogP contribution in [0.5, 0.6) is 0 Å². The first-order valence-corrected chi connectivity index (χ1v) is 15.7. The monoisotopic (exact) mass is 561 g/mol. The Hall–Kier alpha value is -0.810. The van der Waals surface area contributed by atoms with Crippen LogP contribution in [0.2, 0.25) is 0 Å². The lowest BCUT2D eigenvalue weighted by atomic mass is 9.99. The minimum atomic E-state index is -1.54. The lowest BCUT2D eigenvalue weighted by Crippen LogP contribution is -2.60. The molecule has 0 aromatic carbocycles. The van der Waals surface area contributed by atoms with Crippen LogP contribution in [0.25, 0.3) is 0 Å². The summed E-state index contributed by atoms with van der Waals surface area (Å²) in [5.41, 5.74) is 0. The largest absolute Gasteiger partial charge is 0.394 e. The van der Waals surface area contributed by atoms with E-state index >= 15 is 0 Å². The first-order valence-electron chi connectivity index (χ1n) is 15.7. The second kappa shape index (κ2) is 22.8. The van der Waals surface area contributed by atoms with Gasteiger partial charge in [-0.1, -0.05) is 110 Å². The number of hydrogen-bond acceptors (Lipinski definition) is 8. The van der Waals surface area contributed by atoms with Gasteiger partial charge in [-0.25, -0.2) is 0 Å². The summed E-state index contributed by atoms with van der Waals surface area (Å²) in [6.07, 6.45) is 12.2. The van der Waals surface area contributed by atoms with Crippen molar-refractivity contribution in [1.82, 2.24) is 5.32 Å². The van der Waals surface area contributed by atoms with Gasteiger partial charge < -0.3 is 40.3 Å². The first-order chi connectivity index (χ1) is 18.8. The molecule has 0 bridgehead atoms. The fraction of sp³-hybridized carbons (Fsp3) is 0.967. The quantitative estimate of drug-likeness (QED) is 0.0977. The number of hydrogen-bond donors (Lipinski definition) is 6. The fourth-order valence-electron chi connectivity index (χ4n) is 5.02. The highest BCUT2D eigenvalue weighted by Crippen LogP contribution is 2.22. The Morgan fingerprint density at radius 3 is 1.79 bits per heavy atom. The van der Waals surface area contributed by atoms with E-state index in [1.807, 2.05) is 6.92 Å². The van der Waals surface area contributed by atoms with Crippen molar-refractivity contribution < 1.29 is 39.8 Å². The molecule has 0 radical (unpaired) electrons. The van der Waals surface area contributed by atoms with Crippen LogP contribution in [-0.4, -0.2) is 87.5 Å². The minimum Gasteiger partial charge on any atom is -0.394 e. The van der Waals surface area contributed by atoms with Gasteiger partial charge in [-0.3, -0.25) is 4.79 Å². The van der Waals surface area contributed by atoms with Crippen LogP contribution >= 0.6 is 0 Å². The third-order valence-corrected chi connectivity index (χ3v) is 7.71. The first kappa shape index (κ1) is 36.2. The van der Waals surface area contributed by atoms with E-state index in [1.54, 1.807) is 0 Å². The van der Waals surface area contributed by atoms with Gasteiger partial charge in [0.1, 0.15) is 24.4 Å². The van der Waals surface area contributed by atoms with Crippen LogP contribution in [0, 0.1) is 0 Å². The summed E-state index contributed by atoms with van der Waals surface area (Å²) in [6, 6.07) is -0.705. The van der Waals surface area contributed by atoms with Crippen molar-refractivity contribution in [2.75, 3.05) is 13.2 Å². The van der Waals surface area contributed by atoms with E-state index in [1.165, 1.54) is 70.6 Å². The second-order valence-corrected chi connectivity index (χ2v) is 11.3. The van der Waals surface area contributed by atoms with E-state index in [0.717, 1.165) is 32.1 Å². The summed E-state index contributed by atoms with van der Waals surface area (Å²) in [5.74, 6) is -0.181. The van der Waals surface area contributed by atoms with Crippen LogP contribution in [0.4, 0.5) is 0 Å². The third kappa shape index (κ3) is 15.7. The summed E-state index contributed by atoms with van der Waals surface area (Å²) >= 11 is 0. The smallest absolute Gasteiger partial charge is 0.220 e. The van der Waals surface area contributed by atoms with Crippen molar-refractivity contribution >= 4 is 5.91 Å². The van der Waals surface area contributed by atoms with Gasteiger partial charge in [0.2, 0.25) is 5.91 Å². The van der Waals surface area contributed by atoms with Crippen LogP contribution in [0.15, 0.2) is 0 Å². The maximum absolute atomic E-state index is 12.4. The Morgan fingerprint density at radius 2 is 1.28 bits per heavy atom. The van der Waals surface area contributed by atoms with Crippen LogP contribution in [0.3, 0.4) is 0 Å². The Morgan fingerprint density at radius 1 is 0.769 bits per heavy atom. The fourth-order valence-corrected chi connectivity index (χ4v) is 5.02. The predicted octanol–water partition coefficient (Wildman–Crippen LogP) is 3.71. The van der Waals surface area contributed by atoms with Crippen molar-refractivity contribution in [3.05, 3.63) is 0 Å². The van der Waals surface area contributed by atoms with Gasteiger partial charge in [0, 0.05) is 6.42 Å². The molecule has 1 amide bonds. The van der Waals surface area contributed by atoms with Gasteiger partial charge in [-0.05, 0) is 12.8 Å². The Balaban J connectivity index is 2.34. The molecule has 9 heteroatoms. The van der Waals surface area contributed by atoms with Crippen molar-refractivity contribution in [3.63, 3.8) is 0 Å². The normalized spacial score (nSPS) is 24.9. The summed E-state index contributed by atoms with van der Waals surface area (Å²) in [4.78, 5) is 12.4. The van der Waals surface area contributed by atoms with Gasteiger partial charge in [-0.15, -0.1) is 0 Å². The number of unbranched alkanes of at least 4 members (excludes halogenated alkanes) is 14. The average molecular weight is 562 g/mol. The van der Waals surface area contributed by atoms with E-state index in [-0.39, 0.29) is 12.5 Å². The summed E-state index contributed by atoms with van der Waals surface area (Å²) in [7, 11) is 0.